The standard InChI is InChI=1S/C9H13N3O2/c1-2-3-5-4-6(5)10-9-11-7(13)8(14)12-9/h5-6H,2-4H2,1H3,(H2,10,11,12,13,14). The molecular formula is C9H13N3O2. The van der Waals surface area contributed by atoms with E-state index in [0.717, 1.165) is 12.8 Å². The van der Waals surface area contributed by atoms with Gasteiger partial charge in [-0.3, -0.25) is 20.2 Å². The summed E-state index contributed by atoms with van der Waals surface area (Å²) in [6.07, 6.45) is 3.40. The number of hydrogen-bond donors (Lipinski definition) is 2. The normalized spacial score (nSPS) is 29.9. The molecule has 2 atom stereocenters. The van der Waals surface area contributed by atoms with Crippen LogP contribution in [0.1, 0.15) is 26.2 Å². The van der Waals surface area contributed by atoms with Crippen LogP contribution in [0.3, 0.4) is 0 Å². The molecular weight excluding hydrogens is 182 g/mol. The van der Waals surface area contributed by atoms with Gasteiger partial charge in [0.1, 0.15) is 0 Å². The number of hydrogen-bond acceptors (Lipinski definition) is 3. The highest BCUT2D eigenvalue weighted by atomic mass is 16.2. The third-order valence-electron chi connectivity index (χ3n) is 2.51. The summed E-state index contributed by atoms with van der Waals surface area (Å²) in [4.78, 5) is 25.8. The summed E-state index contributed by atoms with van der Waals surface area (Å²) in [5.41, 5.74) is 0. The van der Waals surface area contributed by atoms with Crippen LogP contribution >= 0.6 is 0 Å². The van der Waals surface area contributed by atoms with Crippen LogP contribution in [0.2, 0.25) is 0 Å². The predicted molar refractivity (Wildman–Crippen MR) is 50.5 cm³/mol. The maximum atomic E-state index is 10.8. The Bertz CT molecular complexity index is 293. The van der Waals surface area contributed by atoms with Crippen molar-refractivity contribution in [3.63, 3.8) is 0 Å². The summed E-state index contributed by atoms with van der Waals surface area (Å²) in [7, 11) is 0. The number of carbonyl (C=O) groups is 2. The highest BCUT2D eigenvalue weighted by molar-refractivity contribution is 6.45. The zero-order valence-electron chi connectivity index (χ0n) is 8.04. The number of nitrogens with one attached hydrogen (secondary N) is 2. The van der Waals surface area contributed by atoms with Gasteiger partial charge in [0.25, 0.3) is 0 Å². The number of nitrogens with zero attached hydrogens (tertiary/aromatic N) is 1. The average molecular weight is 195 g/mol. The maximum absolute atomic E-state index is 10.8. The van der Waals surface area contributed by atoms with Gasteiger partial charge >= 0.3 is 11.8 Å². The molecule has 2 aliphatic rings. The Balaban J connectivity index is 1.89. The molecule has 2 fully saturated rings. The third kappa shape index (κ3) is 1.76. The lowest BCUT2D eigenvalue weighted by Gasteiger charge is -1.95. The molecule has 0 bridgehead atoms. The molecule has 0 radical (unpaired) electrons. The molecule has 1 heterocycles. The Morgan fingerprint density at radius 1 is 1.36 bits per heavy atom. The van der Waals surface area contributed by atoms with Crippen molar-refractivity contribution in [1.29, 1.82) is 0 Å². The van der Waals surface area contributed by atoms with E-state index in [1.165, 1.54) is 6.42 Å². The second-order valence-electron chi connectivity index (χ2n) is 3.74. The van der Waals surface area contributed by atoms with Crippen molar-refractivity contribution >= 4 is 17.8 Å². The summed E-state index contributed by atoms with van der Waals surface area (Å²) in [6, 6.07) is 0.295. The van der Waals surface area contributed by atoms with Crippen molar-refractivity contribution in [3.05, 3.63) is 0 Å². The third-order valence-corrected chi connectivity index (χ3v) is 2.51. The summed E-state index contributed by atoms with van der Waals surface area (Å²) in [5.74, 6) is -0.265. The lowest BCUT2D eigenvalue weighted by molar-refractivity contribution is -0.135. The van der Waals surface area contributed by atoms with Crippen LogP contribution in [-0.4, -0.2) is 23.8 Å². The molecule has 0 aromatic heterocycles. The molecule has 14 heavy (non-hydrogen) atoms. The molecule has 1 aliphatic carbocycles. The van der Waals surface area contributed by atoms with Gasteiger partial charge in [-0.1, -0.05) is 13.3 Å². The van der Waals surface area contributed by atoms with E-state index in [4.69, 9.17) is 0 Å². The van der Waals surface area contributed by atoms with Crippen molar-refractivity contribution in [1.82, 2.24) is 10.6 Å². The van der Waals surface area contributed by atoms with Crippen molar-refractivity contribution in [2.45, 2.75) is 32.2 Å². The Hall–Kier alpha value is -1.39. The molecule has 0 aromatic carbocycles. The minimum Gasteiger partial charge on any atom is -0.288 e. The molecule has 2 unspecified atom stereocenters. The average Bonchev–Trinajstić information content (AvgIpc) is 2.75. The van der Waals surface area contributed by atoms with Gasteiger partial charge < -0.3 is 0 Å². The van der Waals surface area contributed by atoms with E-state index in [1.807, 2.05) is 0 Å². The van der Waals surface area contributed by atoms with E-state index in [9.17, 15) is 9.59 Å². The Morgan fingerprint density at radius 2 is 2.00 bits per heavy atom. The van der Waals surface area contributed by atoms with Crippen LogP contribution in [0.15, 0.2) is 4.99 Å². The van der Waals surface area contributed by atoms with Crippen LogP contribution < -0.4 is 10.6 Å². The molecule has 1 aliphatic heterocycles. The van der Waals surface area contributed by atoms with Crippen molar-refractivity contribution in [2.24, 2.45) is 10.9 Å². The van der Waals surface area contributed by atoms with Gasteiger partial charge in [0.2, 0.25) is 5.96 Å². The highest BCUT2D eigenvalue weighted by Gasteiger charge is 2.37. The maximum Gasteiger partial charge on any atom is 0.316 e. The molecule has 2 rings (SSSR count). The van der Waals surface area contributed by atoms with Crippen LogP contribution in [0.4, 0.5) is 0 Å². The summed E-state index contributed by atoms with van der Waals surface area (Å²) < 4.78 is 0. The lowest BCUT2D eigenvalue weighted by Crippen LogP contribution is -2.26. The highest BCUT2D eigenvalue weighted by Crippen LogP contribution is 2.37. The van der Waals surface area contributed by atoms with Crippen LogP contribution in [-0.2, 0) is 9.59 Å². The zero-order valence-corrected chi connectivity index (χ0v) is 8.04. The Kier molecular flexibility index (Phi) is 2.23. The smallest absolute Gasteiger partial charge is 0.288 e. The number of carbonyl (C=O) groups excluding carboxylic acids is 2. The first-order valence-corrected chi connectivity index (χ1v) is 4.91. The van der Waals surface area contributed by atoms with Crippen molar-refractivity contribution < 1.29 is 9.59 Å². The fraction of sp³-hybridized carbons (Fsp3) is 0.667. The van der Waals surface area contributed by atoms with Gasteiger partial charge in [-0.05, 0) is 18.8 Å². The quantitative estimate of drug-likeness (QED) is 0.611. The molecule has 2 N–H and O–H groups in total. The molecule has 5 nitrogen and oxygen atoms in total. The monoisotopic (exact) mass is 195 g/mol. The number of rotatable bonds is 3. The topological polar surface area (TPSA) is 70.6 Å². The first-order valence-electron chi connectivity index (χ1n) is 4.91. The fourth-order valence-electron chi connectivity index (χ4n) is 1.66. The largest absolute Gasteiger partial charge is 0.316 e. The summed E-state index contributed by atoms with van der Waals surface area (Å²) >= 11 is 0. The van der Waals surface area contributed by atoms with Gasteiger partial charge in [0.05, 0.1) is 6.04 Å². The van der Waals surface area contributed by atoms with E-state index in [-0.39, 0.29) is 0 Å². The minimum atomic E-state index is -0.614. The van der Waals surface area contributed by atoms with Crippen molar-refractivity contribution in [2.75, 3.05) is 0 Å². The van der Waals surface area contributed by atoms with E-state index < -0.39 is 11.8 Å². The van der Waals surface area contributed by atoms with E-state index in [0.29, 0.717) is 17.9 Å². The molecule has 1 saturated heterocycles. The molecule has 5 heteroatoms. The molecule has 1 saturated carbocycles. The molecule has 0 spiro atoms. The predicted octanol–water partition coefficient (Wildman–Crippen LogP) is -0.223. The van der Waals surface area contributed by atoms with Crippen LogP contribution in [0.5, 0.6) is 0 Å². The first-order chi connectivity index (χ1) is 6.70. The Labute approximate surface area is 82.0 Å². The van der Waals surface area contributed by atoms with Gasteiger partial charge in [-0.15, -0.1) is 0 Å². The van der Waals surface area contributed by atoms with Gasteiger partial charge in [0.15, 0.2) is 0 Å². The van der Waals surface area contributed by atoms with E-state index in [1.54, 1.807) is 0 Å². The van der Waals surface area contributed by atoms with Gasteiger partial charge in [-0.2, -0.15) is 0 Å². The van der Waals surface area contributed by atoms with Gasteiger partial charge in [-0.25, -0.2) is 4.99 Å². The summed E-state index contributed by atoms with van der Waals surface area (Å²) in [5, 5.41) is 4.78. The number of amides is 2. The molecule has 76 valence electrons. The number of guanidine groups is 1. The first kappa shape index (κ1) is 9.18. The zero-order chi connectivity index (χ0) is 10.1. The number of aliphatic imine (C=N–C) groups is 1. The lowest BCUT2D eigenvalue weighted by atomic mass is 10.2. The van der Waals surface area contributed by atoms with E-state index >= 15 is 0 Å². The second-order valence-corrected chi connectivity index (χ2v) is 3.74. The second kappa shape index (κ2) is 3.40. The van der Waals surface area contributed by atoms with Crippen LogP contribution in [0, 0.1) is 5.92 Å². The van der Waals surface area contributed by atoms with Gasteiger partial charge in [0, 0.05) is 0 Å². The SMILES string of the molecule is CCCC1CC1N=C1NC(=O)C(=O)N1. The molecule has 2 amide bonds. The van der Waals surface area contributed by atoms with E-state index in [2.05, 4.69) is 22.5 Å². The summed E-state index contributed by atoms with van der Waals surface area (Å²) in [6.45, 7) is 2.14. The minimum absolute atomic E-state index is 0.295. The van der Waals surface area contributed by atoms with Crippen molar-refractivity contribution in [3.8, 4) is 0 Å². The van der Waals surface area contributed by atoms with Crippen LogP contribution in [0.25, 0.3) is 0 Å². The molecule has 0 aromatic rings. The fourth-order valence-corrected chi connectivity index (χ4v) is 1.66. The Morgan fingerprint density at radius 3 is 2.57 bits per heavy atom.